The summed E-state index contributed by atoms with van der Waals surface area (Å²) in [6, 6.07) is 10.7. The number of nitrogens with two attached hydrogens (primary N) is 1. The van der Waals surface area contributed by atoms with Gasteiger partial charge in [-0.2, -0.15) is 0 Å². The molecule has 4 heteroatoms. The number of pyridine rings is 1. The molecule has 100 valence electrons. The molecule has 1 aromatic carbocycles. The largest absolute Gasteiger partial charge is 0.393 e. The van der Waals surface area contributed by atoms with Crippen LogP contribution in [0.5, 0.6) is 0 Å². The molecule has 3 nitrogen and oxygen atoms in total. The van der Waals surface area contributed by atoms with Gasteiger partial charge in [0.15, 0.2) is 0 Å². The van der Waals surface area contributed by atoms with Crippen LogP contribution < -0.4 is 5.73 Å². The Morgan fingerprint density at radius 1 is 1.37 bits per heavy atom. The van der Waals surface area contributed by atoms with Crippen molar-refractivity contribution in [2.75, 3.05) is 7.05 Å². The lowest BCUT2D eigenvalue weighted by molar-refractivity contribution is 0.256. The van der Waals surface area contributed by atoms with Gasteiger partial charge in [-0.05, 0) is 25.6 Å². The third-order valence-electron chi connectivity index (χ3n) is 3.39. The average Bonchev–Trinajstić information content (AvgIpc) is 2.38. The van der Waals surface area contributed by atoms with E-state index in [2.05, 4.69) is 48.1 Å². The summed E-state index contributed by atoms with van der Waals surface area (Å²) in [6.07, 6.45) is 2.58. The van der Waals surface area contributed by atoms with Gasteiger partial charge in [0, 0.05) is 30.6 Å². The Balaban J connectivity index is 2.19. The van der Waals surface area contributed by atoms with Crippen molar-refractivity contribution in [3.63, 3.8) is 0 Å². The number of thiocarbonyl (C=S) groups is 1. The van der Waals surface area contributed by atoms with Gasteiger partial charge in [0.05, 0.1) is 10.5 Å². The van der Waals surface area contributed by atoms with E-state index >= 15 is 0 Å². The molecule has 0 amide bonds. The molecular formula is C15H19N3S. The fraction of sp³-hybridized carbons (Fsp3) is 0.333. The maximum absolute atomic E-state index is 5.61. The number of aromatic nitrogens is 1. The molecule has 19 heavy (non-hydrogen) atoms. The Kier molecular flexibility index (Phi) is 4.45. The molecule has 1 unspecified atom stereocenters. The van der Waals surface area contributed by atoms with Gasteiger partial charge in [-0.15, -0.1) is 0 Å². The molecular weight excluding hydrogens is 254 g/mol. The third-order valence-corrected chi connectivity index (χ3v) is 3.55. The van der Waals surface area contributed by atoms with E-state index in [1.165, 1.54) is 10.9 Å². The molecule has 1 atom stereocenters. The number of para-hydroxylation sites is 1. The highest BCUT2D eigenvalue weighted by atomic mass is 32.1. The number of hydrogen-bond acceptors (Lipinski definition) is 3. The van der Waals surface area contributed by atoms with Crippen molar-refractivity contribution in [3.8, 4) is 0 Å². The van der Waals surface area contributed by atoms with Crippen LogP contribution >= 0.6 is 12.2 Å². The lowest BCUT2D eigenvalue weighted by Crippen LogP contribution is -2.32. The molecule has 0 saturated heterocycles. The van der Waals surface area contributed by atoms with Crippen molar-refractivity contribution in [3.05, 3.63) is 42.1 Å². The van der Waals surface area contributed by atoms with E-state index in [1.54, 1.807) is 0 Å². The van der Waals surface area contributed by atoms with Crippen LogP contribution in [0.25, 0.3) is 10.9 Å². The molecule has 1 heterocycles. The number of rotatable bonds is 5. The molecule has 2 N–H and O–H groups in total. The summed E-state index contributed by atoms with van der Waals surface area (Å²) < 4.78 is 0. The normalized spacial score (nSPS) is 12.8. The second-order valence-electron chi connectivity index (χ2n) is 4.93. The minimum Gasteiger partial charge on any atom is -0.393 e. The molecule has 0 fully saturated rings. The van der Waals surface area contributed by atoms with Crippen molar-refractivity contribution < 1.29 is 0 Å². The third kappa shape index (κ3) is 3.49. The Morgan fingerprint density at radius 2 is 2.11 bits per heavy atom. The zero-order valence-corrected chi connectivity index (χ0v) is 12.2. The Morgan fingerprint density at radius 3 is 2.84 bits per heavy atom. The highest BCUT2D eigenvalue weighted by molar-refractivity contribution is 7.80. The molecule has 0 saturated carbocycles. The van der Waals surface area contributed by atoms with E-state index in [4.69, 9.17) is 18.0 Å². The minimum absolute atomic E-state index is 0.330. The predicted octanol–water partition coefficient (Wildman–Crippen LogP) is 2.73. The lowest BCUT2D eigenvalue weighted by atomic mass is 10.1. The first-order valence-corrected chi connectivity index (χ1v) is 6.80. The summed E-state index contributed by atoms with van der Waals surface area (Å²) in [5.74, 6) is 0. The van der Waals surface area contributed by atoms with Crippen LogP contribution in [-0.2, 0) is 6.54 Å². The maximum atomic E-state index is 5.61. The molecule has 0 aliphatic rings. The Labute approximate surface area is 119 Å². The van der Waals surface area contributed by atoms with Crippen LogP contribution in [0.3, 0.4) is 0 Å². The Bertz CT molecular complexity index is 577. The maximum Gasteiger partial charge on any atom is 0.0746 e. The summed E-state index contributed by atoms with van der Waals surface area (Å²) >= 11 is 4.97. The van der Waals surface area contributed by atoms with Crippen molar-refractivity contribution in [2.24, 2.45) is 5.73 Å². The molecule has 0 aliphatic carbocycles. The smallest absolute Gasteiger partial charge is 0.0746 e. The molecule has 2 rings (SSSR count). The highest BCUT2D eigenvalue weighted by Gasteiger charge is 2.12. The van der Waals surface area contributed by atoms with Crippen LogP contribution in [0, 0.1) is 0 Å². The van der Waals surface area contributed by atoms with E-state index in [-0.39, 0.29) is 0 Å². The van der Waals surface area contributed by atoms with Crippen molar-refractivity contribution in [1.29, 1.82) is 0 Å². The fourth-order valence-electron chi connectivity index (χ4n) is 2.17. The summed E-state index contributed by atoms with van der Waals surface area (Å²) in [6.45, 7) is 2.98. The van der Waals surface area contributed by atoms with Crippen LogP contribution in [-0.4, -0.2) is 28.0 Å². The second kappa shape index (κ2) is 6.08. The van der Waals surface area contributed by atoms with Gasteiger partial charge < -0.3 is 5.73 Å². The van der Waals surface area contributed by atoms with Crippen LogP contribution in [0.1, 0.15) is 18.9 Å². The highest BCUT2D eigenvalue weighted by Crippen LogP contribution is 2.18. The zero-order valence-electron chi connectivity index (χ0n) is 11.3. The first kappa shape index (κ1) is 13.9. The minimum atomic E-state index is 0.330. The first-order valence-electron chi connectivity index (χ1n) is 6.39. The van der Waals surface area contributed by atoms with Crippen LogP contribution in [0.2, 0.25) is 0 Å². The number of benzene rings is 1. The lowest BCUT2D eigenvalue weighted by Gasteiger charge is -2.24. The van der Waals surface area contributed by atoms with E-state index < -0.39 is 0 Å². The molecule has 0 aliphatic heterocycles. The monoisotopic (exact) mass is 273 g/mol. The summed E-state index contributed by atoms with van der Waals surface area (Å²) in [4.78, 5) is 7.30. The van der Waals surface area contributed by atoms with Crippen LogP contribution in [0.15, 0.2) is 36.5 Å². The van der Waals surface area contributed by atoms with Gasteiger partial charge in [0.1, 0.15) is 0 Å². The van der Waals surface area contributed by atoms with E-state index in [1.807, 2.05) is 12.3 Å². The van der Waals surface area contributed by atoms with Crippen molar-refractivity contribution >= 4 is 28.1 Å². The Hall–Kier alpha value is -1.52. The molecule has 2 aromatic rings. The van der Waals surface area contributed by atoms with Crippen molar-refractivity contribution in [1.82, 2.24) is 9.88 Å². The predicted molar refractivity (Wildman–Crippen MR) is 84.1 cm³/mol. The van der Waals surface area contributed by atoms with Gasteiger partial charge in [0.25, 0.3) is 0 Å². The van der Waals surface area contributed by atoms with Gasteiger partial charge in [-0.25, -0.2) is 0 Å². The van der Waals surface area contributed by atoms with Gasteiger partial charge in [-0.1, -0.05) is 36.5 Å². The zero-order chi connectivity index (χ0) is 13.8. The van der Waals surface area contributed by atoms with Crippen LogP contribution in [0.4, 0.5) is 0 Å². The number of hydrogen-bond donors (Lipinski definition) is 1. The summed E-state index contributed by atoms with van der Waals surface area (Å²) in [5.41, 5.74) is 7.91. The first-order chi connectivity index (χ1) is 9.08. The molecule has 1 aromatic heterocycles. The average molecular weight is 273 g/mol. The second-order valence-corrected chi connectivity index (χ2v) is 5.45. The topological polar surface area (TPSA) is 42.1 Å². The van der Waals surface area contributed by atoms with E-state index in [9.17, 15) is 0 Å². The summed E-state index contributed by atoms with van der Waals surface area (Å²) in [5, 5.41) is 1.18. The number of nitrogens with zero attached hydrogens (tertiary/aromatic N) is 2. The van der Waals surface area contributed by atoms with Gasteiger partial charge >= 0.3 is 0 Å². The fourth-order valence-corrected chi connectivity index (χ4v) is 2.41. The summed E-state index contributed by atoms with van der Waals surface area (Å²) in [7, 11) is 2.09. The van der Waals surface area contributed by atoms with Crippen molar-refractivity contribution in [2.45, 2.75) is 25.9 Å². The number of fused-ring (bicyclic) bond motifs is 1. The molecule has 0 spiro atoms. The van der Waals surface area contributed by atoms with E-state index in [0.717, 1.165) is 18.5 Å². The quantitative estimate of drug-likeness (QED) is 0.851. The van der Waals surface area contributed by atoms with Gasteiger partial charge in [0.2, 0.25) is 0 Å². The standard InChI is InChI=1S/C15H19N3S/c1-11(9-14(16)19)18(2)10-13-6-3-5-12-7-4-8-17-15(12)13/h3-8,11H,9-10H2,1-2H3,(H2,16,19). The molecule has 0 radical (unpaired) electrons. The SMILES string of the molecule is CC(CC(N)=S)N(C)Cc1cccc2cccnc12. The van der Waals surface area contributed by atoms with Gasteiger partial charge in [-0.3, -0.25) is 9.88 Å². The molecule has 0 bridgehead atoms. The van der Waals surface area contributed by atoms with E-state index in [0.29, 0.717) is 11.0 Å².